The monoisotopic (exact) mass is 410 g/mol. The lowest BCUT2D eigenvalue weighted by Gasteiger charge is -2.09. The van der Waals surface area contributed by atoms with Gasteiger partial charge in [0.25, 0.3) is 5.91 Å². The Balaban J connectivity index is 1.75. The molecule has 0 aliphatic carbocycles. The van der Waals surface area contributed by atoms with Crippen molar-refractivity contribution in [3.05, 3.63) is 65.9 Å². The van der Waals surface area contributed by atoms with Gasteiger partial charge in [-0.1, -0.05) is 30.3 Å². The third kappa shape index (κ3) is 3.65. The standard InChI is InChI=1S/C20H18N4O4S/c21-29(27,28)16-8-4-3-7-15(16)23-17(25)11-12-9-10-22-20(26)19-18(12)13-5-1-2-6-14(13)24-19/h1-8,11,24H,9-10H2,(H,22,26)(H,23,25)(H2,21,27,28)/b12-11+. The van der Waals surface area contributed by atoms with Gasteiger partial charge in [0.1, 0.15) is 10.6 Å². The molecule has 2 aromatic carbocycles. The average Bonchev–Trinajstić information content (AvgIpc) is 2.99. The summed E-state index contributed by atoms with van der Waals surface area (Å²) in [5.41, 5.74) is 2.62. The number of H-pyrrole nitrogens is 1. The Hall–Kier alpha value is -3.43. The van der Waals surface area contributed by atoms with E-state index in [1.54, 1.807) is 6.07 Å². The van der Waals surface area contributed by atoms with Gasteiger partial charge < -0.3 is 15.6 Å². The highest BCUT2D eigenvalue weighted by Gasteiger charge is 2.24. The molecule has 0 atom stereocenters. The predicted octanol–water partition coefficient (Wildman–Crippen LogP) is 1.97. The van der Waals surface area contributed by atoms with E-state index in [1.165, 1.54) is 24.3 Å². The van der Waals surface area contributed by atoms with Gasteiger partial charge in [-0.25, -0.2) is 13.6 Å². The number of aromatic amines is 1. The number of nitrogens with one attached hydrogen (secondary N) is 3. The number of nitrogens with two attached hydrogens (primary N) is 1. The highest BCUT2D eigenvalue weighted by atomic mass is 32.2. The quantitative estimate of drug-likeness (QED) is 0.491. The van der Waals surface area contributed by atoms with Crippen molar-refractivity contribution >= 4 is 44.0 Å². The minimum Gasteiger partial charge on any atom is -0.350 e. The van der Waals surface area contributed by atoms with Crippen LogP contribution in [-0.2, 0) is 14.8 Å². The van der Waals surface area contributed by atoms with Crippen LogP contribution in [0.1, 0.15) is 22.5 Å². The van der Waals surface area contributed by atoms with Crippen LogP contribution in [0.25, 0.3) is 16.5 Å². The van der Waals surface area contributed by atoms with Gasteiger partial charge in [-0.05, 0) is 30.2 Å². The Morgan fingerprint density at radius 2 is 1.83 bits per heavy atom. The summed E-state index contributed by atoms with van der Waals surface area (Å²) in [5.74, 6) is -0.749. The molecule has 0 fully saturated rings. The van der Waals surface area contributed by atoms with Crippen LogP contribution in [0, 0.1) is 0 Å². The maximum atomic E-state index is 12.7. The summed E-state index contributed by atoms with van der Waals surface area (Å²) in [6.45, 7) is 0.378. The predicted molar refractivity (Wildman–Crippen MR) is 110 cm³/mol. The zero-order valence-corrected chi connectivity index (χ0v) is 16.0. The summed E-state index contributed by atoms with van der Waals surface area (Å²) in [5, 5.41) is 11.4. The summed E-state index contributed by atoms with van der Waals surface area (Å²) >= 11 is 0. The molecule has 0 saturated carbocycles. The Labute approximate surface area is 166 Å². The molecule has 148 valence electrons. The van der Waals surface area contributed by atoms with Gasteiger partial charge in [0.2, 0.25) is 15.9 Å². The van der Waals surface area contributed by atoms with Crippen molar-refractivity contribution in [3.8, 4) is 0 Å². The second-order valence-corrected chi connectivity index (χ2v) is 8.16. The van der Waals surface area contributed by atoms with Crippen LogP contribution in [-0.4, -0.2) is 31.8 Å². The number of rotatable bonds is 3. The topological polar surface area (TPSA) is 134 Å². The zero-order valence-electron chi connectivity index (χ0n) is 15.2. The largest absolute Gasteiger partial charge is 0.350 e. The molecule has 8 nitrogen and oxygen atoms in total. The van der Waals surface area contributed by atoms with E-state index in [4.69, 9.17) is 5.14 Å². The average molecular weight is 410 g/mol. The van der Waals surface area contributed by atoms with Gasteiger partial charge in [0.05, 0.1) is 5.69 Å². The van der Waals surface area contributed by atoms with E-state index in [0.717, 1.165) is 10.9 Å². The smallest absolute Gasteiger partial charge is 0.268 e. The summed E-state index contributed by atoms with van der Waals surface area (Å²) in [6, 6.07) is 13.4. The fraction of sp³-hybridized carbons (Fsp3) is 0.100. The van der Waals surface area contributed by atoms with Crippen LogP contribution in [0.3, 0.4) is 0 Å². The summed E-state index contributed by atoms with van der Waals surface area (Å²) in [4.78, 5) is 28.0. The van der Waals surface area contributed by atoms with Gasteiger partial charge in [-0.15, -0.1) is 0 Å². The Bertz CT molecular complexity index is 1270. The maximum Gasteiger partial charge on any atom is 0.268 e. The van der Waals surface area contributed by atoms with E-state index in [0.29, 0.717) is 29.8 Å². The van der Waals surface area contributed by atoms with Crippen molar-refractivity contribution in [1.29, 1.82) is 0 Å². The zero-order chi connectivity index (χ0) is 20.6. The van der Waals surface area contributed by atoms with Crippen molar-refractivity contribution in [3.63, 3.8) is 0 Å². The van der Waals surface area contributed by atoms with Crippen molar-refractivity contribution in [2.24, 2.45) is 5.14 Å². The van der Waals surface area contributed by atoms with Crippen molar-refractivity contribution in [2.75, 3.05) is 11.9 Å². The number of fused-ring (bicyclic) bond motifs is 3. The van der Waals surface area contributed by atoms with E-state index in [2.05, 4.69) is 15.6 Å². The lowest BCUT2D eigenvalue weighted by molar-refractivity contribution is -0.111. The van der Waals surface area contributed by atoms with E-state index in [-0.39, 0.29) is 16.5 Å². The molecule has 1 aliphatic heterocycles. The molecule has 2 amide bonds. The molecule has 4 rings (SSSR count). The molecular formula is C20H18N4O4S. The van der Waals surface area contributed by atoms with Crippen molar-refractivity contribution < 1.29 is 18.0 Å². The van der Waals surface area contributed by atoms with Gasteiger partial charge in [-0.2, -0.15) is 0 Å². The van der Waals surface area contributed by atoms with Gasteiger partial charge in [-0.3, -0.25) is 9.59 Å². The number of hydrogen-bond acceptors (Lipinski definition) is 4. The van der Waals surface area contributed by atoms with Crippen LogP contribution >= 0.6 is 0 Å². The molecule has 1 aromatic heterocycles. The molecule has 0 saturated heterocycles. The van der Waals surface area contributed by atoms with E-state index in [1.807, 2.05) is 24.3 Å². The van der Waals surface area contributed by atoms with E-state index in [9.17, 15) is 18.0 Å². The first-order valence-electron chi connectivity index (χ1n) is 8.87. The number of carbonyl (C=O) groups excluding carboxylic acids is 2. The first-order chi connectivity index (χ1) is 13.8. The van der Waals surface area contributed by atoms with Crippen LogP contribution in [0.4, 0.5) is 5.69 Å². The van der Waals surface area contributed by atoms with Crippen LogP contribution in [0.2, 0.25) is 0 Å². The third-order valence-corrected chi connectivity index (χ3v) is 5.66. The number of carbonyl (C=O) groups is 2. The first kappa shape index (κ1) is 18.9. The second-order valence-electron chi connectivity index (χ2n) is 6.63. The Morgan fingerprint density at radius 3 is 2.62 bits per heavy atom. The second kappa shape index (κ2) is 7.19. The number of benzene rings is 2. The van der Waals surface area contributed by atoms with E-state index < -0.39 is 15.9 Å². The van der Waals surface area contributed by atoms with E-state index >= 15 is 0 Å². The Morgan fingerprint density at radius 1 is 1.10 bits per heavy atom. The number of hydrogen-bond donors (Lipinski definition) is 4. The van der Waals surface area contributed by atoms with Crippen LogP contribution in [0.5, 0.6) is 0 Å². The number of para-hydroxylation sites is 2. The third-order valence-electron chi connectivity index (χ3n) is 4.69. The minimum absolute atomic E-state index is 0.0961. The number of sulfonamides is 1. The Kier molecular flexibility index (Phi) is 4.69. The molecule has 29 heavy (non-hydrogen) atoms. The molecule has 9 heteroatoms. The number of primary sulfonamides is 1. The molecule has 2 heterocycles. The lowest BCUT2D eigenvalue weighted by atomic mass is 9.99. The maximum absolute atomic E-state index is 12.7. The molecule has 5 N–H and O–H groups in total. The lowest BCUT2D eigenvalue weighted by Crippen LogP contribution is -2.22. The summed E-state index contributed by atoms with van der Waals surface area (Å²) < 4.78 is 23.5. The fourth-order valence-electron chi connectivity index (χ4n) is 3.46. The highest BCUT2D eigenvalue weighted by molar-refractivity contribution is 7.89. The van der Waals surface area contributed by atoms with Gasteiger partial charge in [0, 0.05) is 29.1 Å². The SMILES string of the molecule is NS(=O)(=O)c1ccccc1NC(=O)/C=C1\CCNC(=O)c2[nH]c3ccccc3c21. The first-order valence-corrected chi connectivity index (χ1v) is 10.4. The number of amides is 2. The van der Waals surface area contributed by atoms with Gasteiger partial charge in [0.15, 0.2) is 0 Å². The highest BCUT2D eigenvalue weighted by Crippen LogP contribution is 2.32. The fourth-order valence-corrected chi connectivity index (χ4v) is 4.15. The molecule has 3 aromatic rings. The molecule has 0 unspecified atom stereocenters. The minimum atomic E-state index is -3.99. The molecule has 0 radical (unpaired) electrons. The molecule has 0 bridgehead atoms. The summed E-state index contributed by atoms with van der Waals surface area (Å²) in [6.07, 6.45) is 1.84. The van der Waals surface area contributed by atoms with Crippen molar-refractivity contribution in [1.82, 2.24) is 10.3 Å². The molecule has 0 spiro atoms. The van der Waals surface area contributed by atoms with Crippen LogP contribution in [0.15, 0.2) is 59.5 Å². The molecule has 1 aliphatic rings. The van der Waals surface area contributed by atoms with Crippen molar-refractivity contribution in [2.45, 2.75) is 11.3 Å². The molecular weight excluding hydrogens is 392 g/mol. The number of aromatic nitrogens is 1. The van der Waals surface area contributed by atoms with Gasteiger partial charge >= 0.3 is 0 Å². The normalized spacial score (nSPS) is 15.6. The number of anilines is 1. The summed E-state index contributed by atoms with van der Waals surface area (Å²) in [7, 11) is -3.99. The van der Waals surface area contributed by atoms with Crippen LogP contribution < -0.4 is 15.8 Å².